The number of hydrogen-bond donors (Lipinski definition) is 1. The van der Waals surface area contributed by atoms with Crippen LogP contribution in [0.25, 0.3) is 0 Å². The van der Waals surface area contributed by atoms with Crippen LogP contribution in [0.15, 0.2) is 60.3 Å². The summed E-state index contributed by atoms with van der Waals surface area (Å²) in [6.07, 6.45) is 4.48. The first kappa shape index (κ1) is 19.8. The Bertz CT molecular complexity index is 957. The van der Waals surface area contributed by atoms with Gasteiger partial charge >= 0.3 is 0 Å². The average Bonchev–Trinajstić information content (AvgIpc) is 3.25. The highest BCUT2D eigenvalue weighted by atomic mass is 16.7. The Kier molecular flexibility index (Phi) is 6.19. The minimum atomic E-state index is -0.200. The molecule has 1 fully saturated rings. The Morgan fingerprint density at radius 1 is 1.10 bits per heavy atom. The summed E-state index contributed by atoms with van der Waals surface area (Å²) in [6, 6.07) is 18.2. The van der Waals surface area contributed by atoms with Gasteiger partial charge in [-0.15, -0.1) is 0 Å². The van der Waals surface area contributed by atoms with E-state index in [-0.39, 0.29) is 18.3 Å². The highest BCUT2D eigenvalue weighted by molar-refractivity contribution is 5.97. The molecule has 2 aliphatic heterocycles. The lowest BCUT2D eigenvalue weighted by Crippen LogP contribution is -2.39. The van der Waals surface area contributed by atoms with Gasteiger partial charge in [-0.3, -0.25) is 4.79 Å². The van der Waals surface area contributed by atoms with Crippen LogP contribution in [0.2, 0.25) is 0 Å². The molecule has 6 heteroatoms. The number of nitriles is 1. The largest absolute Gasteiger partial charge is 0.454 e. The zero-order chi connectivity index (χ0) is 20.8. The smallest absolute Gasteiger partial charge is 0.265 e. The number of carbonyl (C=O) groups is 1. The van der Waals surface area contributed by atoms with E-state index in [1.807, 2.05) is 30.3 Å². The van der Waals surface area contributed by atoms with E-state index in [2.05, 4.69) is 29.6 Å². The van der Waals surface area contributed by atoms with Crippen molar-refractivity contribution in [3.05, 3.63) is 71.4 Å². The Morgan fingerprint density at radius 2 is 1.87 bits per heavy atom. The van der Waals surface area contributed by atoms with Crippen LogP contribution < -0.4 is 14.8 Å². The second kappa shape index (κ2) is 9.36. The summed E-state index contributed by atoms with van der Waals surface area (Å²) in [5.74, 6) is 1.83. The Hall–Kier alpha value is -3.46. The van der Waals surface area contributed by atoms with Crippen molar-refractivity contribution >= 4 is 5.91 Å². The molecule has 1 saturated heterocycles. The molecule has 2 aromatic carbocycles. The summed E-state index contributed by atoms with van der Waals surface area (Å²) in [6.45, 7) is 2.12. The number of nitrogens with one attached hydrogen (secondary N) is 1. The molecule has 0 radical (unpaired) electrons. The third-order valence-corrected chi connectivity index (χ3v) is 5.61. The first-order valence-corrected chi connectivity index (χ1v) is 10.3. The number of likely N-dealkylation sites (tertiary alicyclic amines) is 1. The predicted octanol–water partition coefficient (Wildman–Crippen LogP) is 3.39. The topological polar surface area (TPSA) is 74.6 Å². The minimum Gasteiger partial charge on any atom is -0.454 e. The first-order chi connectivity index (χ1) is 14.7. The van der Waals surface area contributed by atoms with Gasteiger partial charge in [-0.1, -0.05) is 36.4 Å². The fourth-order valence-corrected chi connectivity index (χ4v) is 3.92. The summed E-state index contributed by atoms with van der Waals surface area (Å²) in [4.78, 5) is 14.5. The summed E-state index contributed by atoms with van der Waals surface area (Å²) < 4.78 is 10.7. The van der Waals surface area contributed by atoms with Gasteiger partial charge in [-0.05, 0) is 48.4 Å². The van der Waals surface area contributed by atoms with Gasteiger partial charge in [0.1, 0.15) is 11.6 Å². The molecule has 4 rings (SSSR count). The van der Waals surface area contributed by atoms with E-state index in [0.29, 0.717) is 31.3 Å². The van der Waals surface area contributed by atoms with Crippen LogP contribution in [-0.2, 0) is 17.8 Å². The molecule has 0 spiro atoms. The fraction of sp³-hybridized carbons (Fsp3) is 0.333. The van der Waals surface area contributed by atoms with Gasteiger partial charge < -0.3 is 19.7 Å². The van der Waals surface area contributed by atoms with Crippen molar-refractivity contribution in [1.29, 1.82) is 5.26 Å². The second-order valence-electron chi connectivity index (χ2n) is 7.66. The van der Waals surface area contributed by atoms with Crippen LogP contribution in [0.3, 0.4) is 0 Å². The van der Waals surface area contributed by atoms with Crippen LogP contribution in [0.4, 0.5) is 0 Å². The normalized spacial score (nSPS) is 16.2. The van der Waals surface area contributed by atoms with E-state index >= 15 is 0 Å². The minimum absolute atomic E-state index is 0.136. The standard InChI is InChI=1S/C24H25N3O3/c25-14-21(16-26-15-20-6-7-22-23(13-20)30-17-29-22)24(28)27-10-8-19(9-11-27)12-18-4-2-1-3-5-18/h1-7,13,16,19,26H,8-12,15,17H2/b21-16-. The van der Waals surface area contributed by atoms with Gasteiger partial charge in [0.15, 0.2) is 11.5 Å². The third kappa shape index (κ3) is 4.74. The van der Waals surface area contributed by atoms with Gasteiger partial charge in [-0.25, -0.2) is 0 Å². The van der Waals surface area contributed by atoms with Crippen LogP contribution in [0.1, 0.15) is 24.0 Å². The van der Waals surface area contributed by atoms with E-state index < -0.39 is 0 Å². The van der Waals surface area contributed by atoms with E-state index in [0.717, 1.165) is 30.6 Å². The quantitative estimate of drug-likeness (QED) is 0.591. The van der Waals surface area contributed by atoms with Crippen LogP contribution in [-0.4, -0.2) is 30.7 Å². The lowest BCUT2D eigenvalue weighted by molar-refractivity contribution is -0.128. The summed E-state index contributed by atoms with van der Waals surface area (Å²) in [7, 11) is 0. The number of piperidine rings is 1. The van der Waals surface area contributed by atoms with Gasteiger partial charge in [0.2, 0.25) is 6.79 Å². The molecule has 2 heterocycles. The van der Waals surface area contributed by atoms with Gasteiger partial charge in [0, 0.05) is 25.8 Å². The summed E-state index contributed by atoms with van der Waals surface area (Å²) >= 11 is 0. The van der Waals surface area contributed by atoms with Crippen molar-refractivity contribution in [3.63, 3.8) is 0 Å². The number of ether oxygens (including phenoxy) is 2. The molecule has 2 aliphatic rings. The SMILES string of the molecule is N#C/C(=C/NCc1ccc2c(c1)OCO2)C(=O)N1CCC(Cc2ccccc2)CC1. The van der Waals surface area contributed by atoms with E-state index in [1.165, 1.54) is 11.8 Å². The number of nitrogens with zero attached hydrogens (tertiary/aromatic N) is 2. The van der Waals surface area contributed by atoms with Crippen molar-refractivity contribution in [3.8, 4) is 17.6 Å². The number of benzene rings is 2. The summed E-state index contributed by atoms with van der Waals surface area (Å²) in [5.41, 5.74) is 2.46. The summed E-state index contributed by atoms with van der Waals surface area (Å²) in [5, 5.41) is 12.5. The zero-order valence-electron chi connectivity index (χ0n) is 16.8. The first-order valence-electron chi connectivity index (χ1n) is 10.3. The molecule has 0 bridgehead atoms. The van der Waals surface area contributed by atoms with Crippen molar-refractivity contribution in [1.82, 2.24) is 10.2 Å². The van der Waals surface area contributed by atoms with Crippen molar-refractivity contribution < 1.29 is 14.3 Å². The van der Waals surface area contributed by atoms with Crippen molar-refractivity contribution in [2.45, 2.75) is 25.8 Å². The number of hydrogen-bond acceptors (Lipinski definition) is 5. The third-order valence-electron chi connectivity index (χ3n) is 5.61. The van der Waals surface area contributed by atoms with Crippen molar-refractivity contribution in [2.24, 2.45) is 5.92 Å². The second-order valence-corrected chi connectivity index (χ2v) is 7.66. The Balaban J connectivity index is 1.28. The van der Waals surface area contributed by atoms with E-state index in [1.54, 1.807) is 4.90 Å². The zero-order valence-corrected chi connectivity index (χ0v) is 16.8. The van der Waals surface area contributed by atoms with Crippen LogP contribution in [0, 0.1) is 17.2 Å². The molecule has 1 amide bonds. The number of fused-ring (bicyclic) bond motifs is 1. The van der Waals surface area contributed by atoms with E-state index in [9.17, 15) is 10.1 Å². The van der Waals surface area contributed by atoms with Crippen LogP contribution in [0.5, 0.6) is 11.5 Å². The molecular weight excluding hydrogens is 378 g/mol. The maximum Gasteiger partial charge on any atom is 0.265 e. The van der Waals surface area contributed by atoms with Gasteiger partial charge in [-0.2, -0.15) is 5.26 Å². The molecule has 6 nitrogen and oxygen atoms in total. The highest BCUT2D eigenvalue weighted by Crippen LogP contribution is 2.32. The molecule has 154 valence electrons. The highest BCUT2D eigenvalue weighted by Gasteiger charge is 2.25. The molecule has 1 N–H and O–H groups in total. The molecule has 0 unspecified atom stereocenters. The monoisotopic (exact) mass is 403 g/mol. The van der Waals surface area contributed by atoms with Crippen LogP contribution >= 0.6 is 0 Å². The molecule has 0 aliphatic carbocycles. The molecular formula is C24H25N3O3. The van der Waals surface area contributed by atoms with Gasteiger partial charge in [0.05, 0.1) is 0 Å². The number of rotatable bonds is 6. The molecule has 0 atom stereocenters. The fourth-order valence-electron chi connectivity index (χ4n) is 3.92. The number of carbonyl (C=O) groups excluding carboxylic acids is 1. The maximum absolute atomic E-state index is 12.7. The average molecular weight is 403 g/mol. The molecule has 0 aromatic heterocycles. The molecule has 2 aromatic rings. The molecule has 30 heavy (non-hydrogen) atoms. The Morgan fingerprint density at radius 3 is 2.63 bits per heavy atom. The molecule has 0 saturated carbocycles. The lowest BCUT2D eigenvalue weighted by atomic mass is 9.90. The number of amides is 1. The maximum atomic E-state index is 12.7. The van der Waals surface area contributed by atoms with Gasteiger partial charge in [0.25, 0.3) is 5.91 Å². The lowest BCUT2D eigenvalue weighted by Gasteiger charge is -2.32. The van der Waals surface area contributed by atoms with E-state index in [4.69, 9.17) is 9.47 Å². The Labute approximate surface area is 176 Å². The van der Waals surface area contributed by atoms with Crippen molar-refractivity contribution in [2.75, 3.05) is 19.9 Å². The predicted molar refractivity (Wildman–Crippen MR) is 113 cm³/mol.